The molecule has 0 radical (unpaired) electrons. The lowest BCUT2D eigenvalue weighted by atomic mass is 9.77. The minimum absolute atomic E-state index is 0.0418. The maximum atomic E-state index is 12.0. The highest BCUT2D eigenvalue weighted by molar-refractivity contribution is 5.95. The number of hydrogen-bond donors (Lipinski definition) is 2. The van der Waals surface area contributed by atoms with Crippen LogP contribution >= 0.6 is 0 Å². The molecule has 116 valence electrons. The minimum atomic E-state index is -0.396. The first-order valence-corrected chi connectivity index (χ1v) is 7.30. The van der Waals surface area contributed by atoms with E-state index < -0.39 is 5.91 Å². The van der Waals surface area contributed by atoms with Crippen molar-refractivity contribution in [3.05, 3.63) is 59.5 Å². The van der Waals surface area contributed by atoms with Gasteiger partial charge < -0.3 is 10.4 Å². The summed E-state index contributed by atoms with van der Waals surface area (Å²) in [5.74, 6) is -0.496. The molecular formula is C18H22N2O2. The Morgan fingerprint density at radius 3 is 2.82 bits per heavy atom. The molecule has 2 rings (SSSR count). The normalized spacial score (nSPS) is 20.4. The number of carbonyl (C=O) groups is 1. The van der Waals surface area contributed by atoms with Gasteiger partial charge in [-0.3, -0.25) is 4.79 Å². The summed E-state index contributed by atoms with van der Waals surface area (Å²) in [6, 6.07) is 1.63. The summed E-state index contributed by atoms with van der Waals surface area (Å²) in [5, 5.41) is 12.8. The molecule has 0 fully saturated rings. The number of aromatic hydroxyl groups is 1. The molecule has 0 bridgehead atoms. The number of aromatic nitrogens is 1. The molecule has 0 aliphatic heterocycles. The van der Waals surface area contributed by atoms with Gasteiger partial charge in [-0.25, -0.2) is 4.98 Å². The molecule has 0 saturated carbocycles. The predicted molar refractivity (Wildman–Crippen MR) is 87.9 cm³/mol. The molecule has 1 unspecified atom stereocenters. The smallest absolute Gasteiger partial charge is 0.273 e. The number of nitrogens with zero attached hydrogens (tertiary/aromatic N) is 1. The van der Waals surface area contributed by atoms with Crippen LogP contribution in [0.3, 0.4) is 0 Å². The van der Waals surface area contributed by atoms with Crippen molar-refractivity contribution >= 4 is 5.91 Å². The van der Waals surface area contributed by atoms with Crippen LogP contribution in [0.5, 0.6) is 5.75 Å². The quantitative estimate of drug-likeness (QED) is 0.839. The predicted octanol–water partition coefficient (Wildman–Crippen LogP) is 3.26. The molecular weight excluding hydrogens is 276 g/mol. The lowest BCUT2D eigenvalue weighted by molar-refractivity contribution is 0.0949. The second kappa shape index (κ2) is 6.18. The van der Waals surface area contributed by atoms with Crippen molar-refractivity contribution in [2.75, 3.05) is 6.54 Å². The molecule has 4 heteroatoms. The SMILES string of the molecule is C=C(C)CNC(=O)c1ncc(C2(C)C=CC(C)=CC2)cc1O. The van der Waals surface area contributed by atoms with Crippen molar-refractivity contribution in [3.63, 3.8) is 0 Å². The molecule has 1 aliphatic rings. The van der Waals surface area contributed by atoms with Crippen LogP contribution in [-0.4, -0.2) is 22.5 Å². The van der Waals surface area contributed by atoms with Gasteiger partial charge in [0.05, 0.1) is 0 Å². The first-order chi connectivity index (χ1) is 10.3. The van der Waals surface area contributed by atoms with Gasteiger partial charge in [0.25, 0.3) is 5.91 Å². The average Bonchev–Trinajstić information content (AvgIpc) is 2.48. The molecule has 1 aliphatic carbocycles. The third kappa shape index (κ3) is 3.45. The molecule has 1 aromatic rings. The Morgan fingerprint density at radius 1 is 1.55 bits per heavy atom. The molecule has 22 heavy (non-hydrogen) atoms. The number of hydrogen-bond acceptors (Lipinski definition) is 3. The van der Waals surface area contributed by atoms with Crippen molar-refractivity contribution in [2.24, 2.45) is 0 Å². The number of amides is 1. The molecule has 1 aromatic heterocycles. The van der Waals surface area contributed by atoms with Crippen molar-refractivity contribution in [3.8, 4) is 5.75 Å². The van der Waals surface area contributed by atoms with E-state index in [1.807, 2.05) is 6.92 Å². The number of rotatable bonds is 4. The molecule has 0 aromatic carbocycles. The summed E-state index contributed by atoms with van der Waals surface area (Å²) in [4.78, 5) is 16.1. The third-order valence-electron chi connectivity index (χ3n) is 3.85. The van der Waals surface area contributed by atoms with Crippen molar-refractivity contribution < 1.29 is 9.90 Å². The fraction of sp³-hybridized carbons (Fsp3) is 0.333. The Balaban J connectivity index is 2.21. The topological polar surface area (TPSA) is 62.2 Å². The fourth-order valence-electron chi connectivity index (χ4n) is 2.29. The maximum Gasteiger partial charge on any atom is 0.273 e. The molecule has 1 heterocycles. The van der Waals surface area contributed by atoms with Crippen molar-refractivity contribution in [1.82, 2.24) is 10.3 Å². The maximum absolute atomic E-state index is 12.0. The summed E-state index contributed by atoms with van der Waals surface area (Å²) < 4.78 is 0. The van der Waals surface area contributed by atoms with E-state index in [0.29, 0.717) is 6.54 Å². The monoisotopic (exact) mass is 298 g/mol. The molecule has 4 nitrogen and oxygen atoms in total. The highest BCUT2D eigenvalue weighted by Crippen LogP contribution is 2.35. The van der Waals surface area contributed by atoms with Crippen LogP contribution in [0.1, 0.15) is 43.2 Å². The highest BCUT2D eigenvalue weighted by atomic mass is 16.3. The standard InChI is InChI=1S/C18H22N2O2/c1-12(2)10-20-17(22)16-15(21)9-14(11-19-16)18(4)7-5-13(3)6-8-18/h5-7,9,11,21H,1,8,10H2,2-4H3,(H,20,22). The number of carbonyl (C=O) groups excluding carboxylic acids is 1. The van der Waals surface area contributed by atoms with Crippen molar-refractivity contribution in [2.45, 2.75) is 32.6 Å². The van der Waals surface area contributed by atoms with Gasteiger partial charge in [0, 0.05) is 18.2 Å². The van der Waals surface area contributed by atoms with Gasteiger partial charge in [-0.15, -0.1) is 0 Å². The van der Waals surface area contributed by atoms with Crippen LogP contribution in [0.2, 0.25) is 0 Å². The Bertz CT molecular complexity index is 674. The Hall–Kier alpha value is -2.36. The number of pyridine rings is 1. The molecule has 0 saturated heterocycles. The van der Waals surface area contributed by atoms with Gasteiger partial charge in [0.15, 0.2) is 5.69 Å². The van der Waals surface area contributed by atoms with E-state index in [9.17, 15) is 9.90 Å². The summed E-state index contributed by atoms with van der Waals surface area (Å²) >= 11 is 0. The largest absolute Gasteiger partial charge is 0.505 e. The number of allylic oxidation sites excluding steroid dienone is 4. The van der Waals surface area contributed by atoms with Gasteiger partial charge >= 0.3 is 0 Å². The van der Waals surface area contributed by atoms with E-state index in [1.54, 1.807) is 12.3 Å². The highest BCUT2D eigenvalue weighted by Gasteiger charge is 2.26. The van der Waals surface area contributed by atoms with Gasteiger partial charge in [-0.1, -0.05) is 42.9 Å². The van der Waals surface area contributed by atoms with Crippen LogP contribution in [0.25, 0.3) is 0 Å². The van der Waals surface area contributed by atoms with Gasteiger partial charge in [0.2, 0.25) is 0 Å². The van der Waals surface area contributed by atoms with E-state index in [-0.39, 0.29) is 16.9 Å². The second-order valence-corrected chi connectivity index (χ2v) is 6.13. The third-order valence-corrected chi connectivity index (χ3v) is 3.85. The van der Waals surface area contributed by atoms with Gasteiger partial charge in [0.1, 0.15) is 5.75 Å². The van der Waals surface area contributed by atoms with Crippen LogP contribution in [-0.2, 0) is 5.41 Å². The summed E-state index contributed by atoms with van der Waals surface area (Å²) in [7, 11) is 0. The van der Waals surface area contributed by atoms with Crippen LogP contribution in [0, 0.1) is 0 Å². The van der Waals surface area contributed by atoms with E-state index in [0.717, 1.165) is 17.6 Å². The summed E-state index contributed by atoms with van der Waals surface area (Å²) in [5.41, 5.74) is 2.79. The van der Waals surface area contributed by atoms with Crippen molar-refractivity contribution in [1.29, 1.82) is 0 Å². The lowest BCUT2D eigenvalue weighted by Gasteiger charge is -2.28. The van der Waals surface area contributed by atoms with Gasteiger partial charge in [-0.05, 0) is 31.9 Å². The molecule has 2 N–H and O–H groups in total. The zero-order valence-electron chi connectivity index (χ0n) is 13.3. The minimum Gasteiger partial charge on any atom is -0.505 e. The van der Waals surface area contributed by atoms with Gasteiger partial charge in [-0.2, -0.15) is 0 Å². The van der Waals surface area contributed by atoms with Crippen LogP contribution < -0.4 is 5.32 Å². The Morgan fingerprint density at radius 2 is 2.27 bits per heavy atom. The zero-order chi connectivity index (χ0) is 16.3. The summed E-state index contributed by atoms with van der Waals surface area (Å²) in [6.07, 6.45) is 8.84. The first kappa shape index (κ1) is 16.0. The number of nitrogens with one attached hydrogen (secondary N) is 1. The first-order valence-electron chi connectivity index (χ1n) is 7.30. The van der Waals surface area contributed by atoms with E-state index in [2.05, 4.69) is 49.0 Å². The fourth-order valence-corrected chi connectivity index (χ4v) is 2.29. The lowest BCUT2D eigenvalue weighted by Crippen LogP contribution is -2.26. The Kier molecular flexibility index (Phi) is 4.50. The van der Waals surface area contributed by atoms with Crippen LogP contribution in [0.4, 0.5) is 0 Å². The molecule has 1 atom stereocenters. The Labute approximate surface area is 131 Å². The molecule has 1 amide bonds. The molecule has 0 spiro atoms. The zero-order valence-corrected chi connectivity index (χ0v) is 13.3. The van der Waals surface area contributed by atoms with E-state index in [4.69, 9.17) is 0 Å². The van der Waals surface area contributed by atoms with E-state index >= 15 is 0 Å². The van der Waals surface area contributed by atoms with E-state index in [1.165, 1.54) is 5.57 Å². The summed E-state index contributed by atoms with van der Waals surface area (Å²) in [6.45, 7) is 10.1. The average molecular weight is 298 g/mol. The van der Waals surface area contributed by atoms with Crippen LogP contribution in [0.15, 0.2) is 48.2 Å². The second-order valence-electron chi connectivity index (χ2n) is 6.13.